The number of carboxylic acids is 1. The molecule has 0 radical (unpaired) electrons. The minimum atomic E-state index is -3.90. The highest BCUT2D eigenvalue weighted by Crippen LogP contribution is 2.24. The van der Waals surface area contributed by atoms with Gasteiger partial charge in [0.25, 0.3) is 0 Å². The van der Waals surface area contributed by atoms with Crippen molar-refractivity contribution in [2.45, 2.75) is 25.3 Å². The van der Waals surface area contributed by atoms with E-state index in [-0.39, 0.29) is 11.2 Å². The third-order valence-electron chi connectivity index (χ3n) is 2.46. The van der Waals surface area contributed by atoms with Gasteiger partial charge in [0.1, 0.15) is 0 Å². The predicted molar refractivity (Wildman–Crippen MR) is 52.8 cm³/mol. The van der Waals surface area contributed by atoms with Crippen molar-refractivity contribution in [3.63, 3.8) is 0 Å². The average molecular weight is 230 g/mol. The van der Waals surface area contributed by atoms with E-state index in [2.05, 4.69) is 10.3 Å². The number of nitrogens with one attached hydrogen (secondary N) is 1. The third-order valence-corrected chi connectivity index (χ3v) is 4.06. The second-order valence-electron chi connectivity index (χ2n) is 3.48. The highest BCUT2D eigenvalue weighted by molar-refractivity contribution is 8.10. The zero-order valence-corrected chi connectivity index (χ0v) is 8.62. The molecule has 1 saturated carbocycles. The van der Waals surface area contributed by atoms with Crippen LogP contribution in [0.25, 0.3) is 0 Å². The molecule has 82 valence electrons. The number of hydrogen-bond acceptors (Lipinski definition) is 4. The molecule has 1 heterocycles. The van der Waals surface area contributed by atoms with Gasteiger partial charge >= 0.3 is 5.97 Å². The van der Waals surface area contributed by atoms with Crippen molar-refractivity contribution in [2.24, 2.45) is 4.99 Å². The topological polar surface area (TPSA) is 95.8 Å². The molecule has 1 fully saturated rings. The summed E-state index contributed by atoms with van der Waals surface area (Å²) >= 11 is 0. The first-order chi connectivity index (χ1) is 7.01. The Morgan fingerprint density at radius 2 is 2.20 bits per heavy atom. The van der Waals surface area contributed by atoms with E-state index < -0.39 is 20.7 Å². The van der Waals surface area contributed by atoms with Crippen LogP contribution in [-0.4, -0.2) is 30.7 Å². The third kappa shape index (κ3) is 1.63. The Morgan fingerprint density at radius 3 is 2.60 bits per heavy atom. The second-order valence-corrected chi connectivity index (χ2v) is 5.31. The predicted octanol–water partition coefficient (Wildman–Crippen LogP) is -0.161. The normalized spacial score (nSPS) is 26.9. The van der Waals surface area contributed by atoms with E-state index in [9.17, 15) is 13.2 Å². The van der Waals surface area contributed by atoms with Crippen LogP contribution in [0.2, 0.25) is 0 Å². The number of amidine groups is 1. The summed E-state index contributed by atoms with van der Waals surface area (Å²) in [5.74, 6) is -1.46. The number of sulfone groups is 1. The largest absolute Gasteiger partial charge is 0.477 e. The van der Waals surface area contributed by atoms with Crippen molar-refractivity contribution in [1.82, 2.24) is 5.32 Å². The van der Waals surface area contributed by atoms with Crippen LogP contribution in [0.4, 0.5) is 0 Å². The SMILES string of the molecule is O=C(O)C1=CNC(=NC2CCC2)S1(=O)=O. The Labute approximate surface area is 86.6 Å². The molecule has 0 aromatic rings. The van der Waals surface area contributed by atoms with Crippen molar-refractivity contribution < 1.29 is 18.3 Å². The van der Waals surface area contributed by atoms with Gasteiger partial charge in [0, 0.05) is 6.20 Å². The lowest BCUT2D eigenvalue weighted by Crippen LogP contribution is -2.27. The number of rotatable bonds is 2. The first kappa shape index (κ1) is 10.2. The van der Waals surface area contributed by atoms with Crippen molar-refractivity contribution in [1.29, 1.82) is 0 Å². The fraction of sp³-hybridized carbons (Fsp3) is 0.500. The van der Waals surface area contributed by atoms with E-state index in [0.29, 0.717) is 0 Å². The van der Waals surface area contributed by atoms with E-state index in [1.54, 1.807) is 0 Å². The first-order valence-electron chi connectivity index (χ1n) is 4.54. The molecule has 0 amide bonds. The number of aliphatic carboxylic acids is 1. The molecule has 0 saturated heterocycles. The lowest BCUT2D eigenvalue weighted by atomic mass is 9.94. The lowest BCUT2D eigenvalue weighted by Gasteiger charge is -2.21. The summed E-state index contributed by atoms with van der Waals surface area (Å²) in [5, 5.41) is 10.8. The van der Waals surface area contributed by atoms with E-state index >= 15 is 0 Å². The molecule has 2 N–H and O–H groups in total. The quantitative estimate of drug-likeness (QED) is 0.687. The summed E-state index contributed by atoms with van der Waals surface area (Å²) in [6.45, 7) is 0. The van der Waals surface area contributed by atoms with Crippen molar-refractivity contribution in [3.8, 4) is 0 Å². The molecule has 1 aliphatic heterocycles. The standard InChI is InChI=1S/C8H10N2O4S/c11-7(12)6-4-9-8(15(6,13)14)10-5-2-1-3-5/h4-5H,1-3H2,(H,9,10)(H,11,12). The highest BCUT2D eigenvalue weighted by atomic mass is 32.2. The maximum Gasteiger partial charge on any atom is 0.349 e. The zero-order valence-electron chi connectivity index (χ0n) is 7.80. The van der Waals surface area contributed by atoms with Gasteiger partial charge in [0.2, 0.25) is 15.0 Å². The number of carboxylic acid groups (broad SMARTS) is 1. The van der Waals surface area contributed by atoms with Crippen LogP contribution in [-0.2, 0) is 14.6 Å². The lowest BCUT2D eigenvalue weighted by molar-refractivity contribution is -0.131. The minimum Gasteiger partial charge on any atom is -0.477 e. The summed E-state index contributed by atoms with van der Waals surface area (Å²) in [6.07, 6.45) is 3.74. The van der Waals surface area contributed by atoms with Crippen LogP contribution in [0.15, 0.2) is 16.1 Å². The molecule has 15 heavy (non-hydrogen) atoms. The van der Waals surface area contributed by atoms with Gasteiger partial charge in [0.15, 0.2) is 4.91 Å². The fourth-order valence-corrected chi connectivity index (χ4v) is 2.51. The van der Waals surface area contributed by atoms with E-state index in [1.807, 2.05) is 0 Å². The van der Waals surface area contributed by atoms with Crippen LogP contribution in [0.5, 0.6) is 0 Å². The maximum atomic E-state index is 11.6. The highest BCUT2D eigenvalue weighted by Gasteiger charge is 2.36. The molecule has 2 rings (SSSR count). The Kier molecular flexibility index (Phi) is 2.26. The van der Waals surface area contributed by atoms with E-state index in [4.69, 9.17) is 5.11 Å². The first-order valence-corrected chi connectivity index (χ1v) is 6.03. The van der Waals surface area contributed by atoms with Gasteiger partial charge in [-0.25, -0.2) is 13.2 Å². The van der Waals surface area contributed by atoms with Crippen LogP contribution in [0.1, 0.15) is 19.3 Å². The van der Waals surface area contributed by atoms with Gasteiger partial charge < -0.3 is 10.4 Å². The summed E-state index contributed by atoms with van der Waals surface area (Å²) in [5.41, 5.74) is 0. The zero-order chi connectivity index (χ0) is 11.1. The molecule has 0 aromatic heterocycles. The Bertz CT molecular complexity index is 459. The molecule has 0 aromatic carbocycles. The number of carbonyl (C=O) groups is 1. The van der Waals surface area contributed by atoms with Gasteiger partial charge in [0.05, 0.1) is 6.04 Å². The number of aliphatic imine (C=N–C) groups is 1. The van der Waals surface area contributed by atoms with Crippen molar-refractivity contribution in [2.75, 3.05) is 0 Å². The van der Waals surface area contributed by atoms with Gasteiger partial charge in [-0.1, -0.05) is 0 Å². The molecule has 0 bridgehead atoms. The fourth-order valence-electron chi connectivity index (χ4n) is 1.35. The molecule has 1 aliphatic carbocycles. The van der Waals surface area contributed by atoms with Crippen LogP contribution >= 0.6 is 0 Å². The molecular weight excluding hydrogens is 220 g/mol. The van der Waals surface area contributed by atoms with Gasteiger partial charge in [-0.05, 0) is 19.3 Å². The molecule has 2 aliphatic rings. The summed E-state index contributed by atoms with van der Waals surface area (Å²) in [6, 6.07) is 0.0174. The van der Waals surface area contributed by atoms with Gasteiger partial charge in [-0.2, -0.15) is 0 Å². The second kappa shape index (κ2) is 3.34. The van der Waals surface area contributed by atoms with Crippen LogP contribution in [0.3, 0.4) is 0 Å². The number of hydrogen-bond donors (Lipinski definition) is 2. The molecule has 6 nitrogen and oxygen atoms in total. The minimum absolute atomic E-state index is 0.0174. The van der Waals surface area contributed by atoms with Crippen molar-refractivity contribution >= 4 is 21.0 Å². The molecule has 0 atom stereocenters. The van der Waals surface area contributed by atoms with Crippen molar-refractivity contribution in [3.05, 3.63) is 11.1 Å². The van der Waals surface area contributed by atoms with E-state index in [0.717, 1.165) is 25.5 Å². The summed E-state index contributed by atoms with van der Waals surface area (Å²) in [4.78, 5) is 13.9. The molecule has 0 spiro atoms. The summed E-state index contributed by atoms with van der Waals surface area (Å²) < 4.78 is 23.1. The van der Waals surface area contributed by atoms with E-state index in [1.165, 1.54) is 0 Å². The molecule has 0 unspecified atom stereocenters. The number of nitrogens with zero attached hydrogens (tertiary/aromatic N) is 1. The maximum absolute atomic E-state index is 11.6. The molecular formula is C8H10N2O4S. The Hall–Kier alpha value is -1.37. The van der Waals surface area contributed by atoms with Crippen LogP contribution < -0.4 is 5.32 Å². The van der Waals surface area contributed by atoms with Crippen LogP contribution in [0, 0.1) is 0 Å². The smallest absolute Gasteiger partial charge is 0.349 e. The molecule has 7 heteroatoms. The monoisotopic (exact) mass is 230 g/mol. The Morgan fingerprint density at radius 1 is 1.53 bits per heavy atom. The van der Waals surface area contributed by atoms with Gasteiger partial charge in [-0.3, -0.25) is 4.99 Å². The van der Waals surface area contributed by atoms with Gasteiger partial charge in [-0.15, -0.1) is 0 Å². The average Bonchev–Trinajstić information content (AvgIpc) is 2.33. The summed E-state index contributed by atoms with van der Waals surface area (Å²) in [7, 11) is -3.90. The Balaban J connectivity index is 2.27.